The molecular weight excluding hydrogens is 384 g/mol. The summed E-state index contributed by atoms with van der Waals surface area (Å²) < 4.78 is 32.5. The molecular formula is C12H16BrClN2O4S. The molecule has 1 aliphatic rings. The minimum absolute atomic E-state index is 0.0526. The van der Waals surface area contributed by atoms with Crippen LogP contribution >= 0.6 is 27.5 Å². The van der Waals surface area contributed by atoms with Gasteiger partial charge in [-0.1, -0.05) is 11.6 Å². The van der Waals surface area contributed by atoms with Gasteiger partial charge in [0.2, 0.25) is 10.0 Å². The number of hydrogen-bond acceptors (Lipinski definition) is 5. The number of ether oxygens (including phenoxy) is 1. The Kier molecular flexibility index (Phi) is 5.17. The Morgan fingerprint density at radius 2 is 2.05 bits per heavy atom. The van der Waals surface area contributed by atoms with Crippen LogP contribution in [0.5, 0.6) is 0 Å². The van der Waals surface area contributed by atoms with E-state index in [-0.39, 0.29) is 26.6 Å². The summed E-state index contributed by atoms with van der Waals surface area (Å²) in [6.07, 6.45) is 0.767. The quantitative estimate of drug-likeness (QED) is 0.666. The third-order valence-corrected chi connectivity index (χ3v) is 6.13. The van der Waals surface area contributed by atoms with E-state index in [4.69, 9.17) is 22.1 Å². The summed E-state index contributed by atoms with van der Waals surface area (Å²) in [5.74, 6) is 0. The zero-order valence-corrected chi connectivity index (χ0v) is 14.3. The average Bonchev–Trinajstić information content (AvgIpc) is 2.42. The van der Waals surface area contributed by atoms with Crippen LogP contribution in [-0.4, -0.2) is 38.9 Å². The Labute approximate surface area is 136 Å². The van der Waals surface area contributed by atoms with Gasteiger partial charge in [0.1, 0.15) is 0 Å². The Morgan fingerprint density at radius 1 is 1.43 bits per heavy atom. The molecule has 21 heavy (non-hydrogen) atoms. The lowest BCUT2D eigenvalue weighted by Crippen LogP contribution is -2.46. The van der Waals surface area contributed by atoms with Crippen molar-refractivity contribution in [2.75, 3.05) is 25.5 Å². The van der Waals surface area contributed by atoms with Crippen molar-refractivity contribution in [3.05, 3.63) is 21.6 Å². The number of halogens is 2. The molecule has 0 radical (unpaired) electrons. The number of nitrogens with one attached hydrogen (secondary N) is 1. The van der Waals surface area contributed by atoms with Gasteiger partial charge in [0, 0.05) is 43.3 Å². The van der Waals surface area contributed by atoms with Crippen molar-refractivity contribution in [3.8, 4) is 0 Å². The molecule has 0 amide bonds. The highest BCUT2D eigenvalue weighted by Gasteiger charge is 2.32. The molecule has 1 heterocycles. The molecule has 118 valence electrons. The zero-order valence-electron chi connectivity index (χ0n) is 11.1. The van der Waals surface area contributed by atoms with Crippen LogP contribution < -0.4 is 10.5 Å². The molecule has 1 aromatic carbocycles. The van der Waals surface area contributed by atoms with Crippen molar-refractivity contribution < 1.29 is 18.3 Å². The van der Waals surface area contributed by atoms with Crippen molar-refractivity contribution in [2.45, 2.75) is 23.3 Å². The lowest BCUT2D eigenvalue weighted by atomic mass is 9.95. The van der Waals surface area contributed by atoms with Gasteiger partial charge in [-0.05, 0) is 28.1 Å². The monoisotopic (exact) mass is 398 g/mol. The lowest BCUT2D eigenvalue weighted by Gasteiger charge is -2.32. The molecule has 0 aliphatic carbocycles. The van der Waals surface area contributed by atoms with Crippen molar-refractivity contribution in [2.24, 2.45) is 0 Å². The molecule has 0 bridgehead atoms. The number of rotatable bonds is 4. The number of aliphatic hydroxyl groups is 1. The number of nitrogen functional groups attached to an aromatic ring is 1. The zero-order chi connectivity index (χ0) is 15.7. The molecule has 0 spiro atoms. The number of nitrogens with two attached hydrogens (primary N) is 1. The first-order valence-corrected chi connectivity index (χ1v) is 8.93. The van der Waals surface area contributed by atoms with Gasteiger partial charge in [-0.2, -0.15) is 0 Å². The molecule has 1 fully saturated rings. The van der Waals surface area contributed by atoms with Crippen LogP contribution in [0, 0.1) is 0 Å². The predicted octanol–water partition coefficient (Wildman–Crippen LogP) is 1.50. The fraction of sp³-hybridized carbons (Fsp3) is 0.500. The van der Waals surface area contributed by atoms with E-state index in [9.17, 15) is 13.5 Å². The molecule has 6 nitrogen and oxygen atoms in total. The van der Waals surface area contributed by atoms with E-state index in [0.29, 0.717) is 26.1 Å². The number of hydrogen-bond donors (Lipinski definition) is 3. The first-order valence-electron chi connectivity index (χ1n) is 6.28. The third kappa shape index (κ3) is 4.08. The molecule has 1 aliphatic heterocycles. The van der Waals surface area contributed by atoms with E-state index in [0.717, 1.165) is 0 Å². The van der Waals surface area contributed by atoms with E-state index < -0.39 is 15.6 Å². The van der Waals surface area contributed by atoms with Gasteiger partial charge >= 0.3 is 0 Å². The maximum Gasteiger partial charge on any atom is 0.241 e. The average molecular weight is 400 g/mol. The minimum atomic E-state index is -3.84. The summed E-state index contributed by atoms with van der Waals surface area (Å²) >= 11 is 8.99. The summed E-state index contributed by atoms with van der Waals surface area (Å²) in [6.45, 7) is 0.732. The second-order valence-electron chi connectivity index (χ2n) is 4.97. The Hall–Kier alpha value is -0.380. The SMILES string of the molecule is Nc1cc(Cl)cc(S(=O)(=O)NCC2(O)CCOCC2)c1Br. The summed E-state index contributed by atoms with van der Waals surface area (Å²) in [5, 5.41) is 10.5. The highest BCUT2D eigenvalue weighted by molar-refractivity contribution is 9.10. The van der Waals surface area contributed by atoms with Crippen LogP contribution in [0.15, 0.2) is 21.5 Å². The topological polar surface area (TPSA) is 102 Å². The lowest BCUT2D eigenvalue weighted by molar-refractivity contribution is -0.0588. The van der Waals surface area contributed by atoms with Crippen LogP contribution in [0.4, 0.5) is 5.69 Å². The van der Waals surface area contributed by atoms with E-state index in [2.05, 4.69) is 20.7 Å². The van der Waals surface area contributed by atoms with Gasteiger partial charge in [-0.15, -0.1) is 0 Å². The maximum atomic E-state index is 12.3. The summed E-state index contributed by atoms with van der Waals surface area (Å²) in [4.78, 5) is -0.0526. The highest BCUT2D eigenvalue weighted by Crippen LogP contribution is 2.31. The number of sulfonamides is 1. The first-order chi connectivity index (χ1) is 9.73. The van der Waals surface area contributed by atoms with E-state index >= 15 is 0 Å². The molecule has 9 heteroatoms. The fourth-order valence-electron chi connectivity index (χ4n) is 2.02. The summed E-state index contributed by atoms with van der Waals surface area (Å²) in [6, 6.07) is 2.76. The van der Waals surface area contributed by atoms with Crippen LogP contribution in [0.25, 0.3) is 0 Å². The molecule has 1 aromatic rings. The maximum absolute atomic E-state index is 12.3. The van der Waals surface area contributed by atoms with Gasteiger partial charge < -0.3 is 15.6 Å². The van der Waals surface area contributed by atoms with Crippen molar-refractivity contribution >= 4 is 43.2 Å². The predicted molar refractivity (Wildman–Crippen MR) is 83.8 cm³/mol. The second kappa shape index (κ2) is 6.39. The third-order valence-electron chi connectivity index (χ3n) is 3.34. The van der Waals surface area contributed by atoms with E-state index in [1.54, 1.807) is 0 Å². The summed E-state index contributed by atoms with van der Waals surface area (Å²) in [5.41, 5.74) is 4.83. The fourth-order valence-corrected chi connectivity index (χ4v) is 4.42. The Morgan fingerprint density at radius 3 is 2.67 bits per heavy atom. The van der Waals surface area contributed by atoms with Gasteiger partial charge in [-0.3, -0.25) is 0 Å². The highest BCUT2D eigenvalue weighted by atomic mass is 79.9. The van der Waals surface area contributed by atoms with Crippen LogP contribution in [-0.2, 0) is 14.8 Å². The normalized spacial score (nSPS) is 18.6. The van der Waals surface area contributed by atoms with Crippen LogP contribution in [0.3, 0.4) is 0 Å². The standard InChI is InChI=1S/C12H16BrClN2O4S/c13-11-9(15)5-8(14)6-10(11)21(18,19)16-7-12(17)1-3-20-4-2-12/h5-6,16-17H,1-4,7,15H2. The van der Waals surface area contributed by atoms with Crippen LogP contribution in [0.2, 0.25) is 5.02 Å². The Balaban J connectivity index is 2.19. The Bertz CT molecular complexity index is 632. The second-order valence-corrected chi connectivity index (χ2v) is 7.93. The van der Waals surface area contributed by atoms with E-state index in [1.165, 1.54) is 12.1 Å². The molecule has 2 rings (SSSR count). The van der Waals surface area contributed by atoms with Crippen molar-refractivity contribution in [1.82, 2.24) is 4.72 Å². The molecule has 4 N–H and O–H groups in total. The molecule has 0 unspecified atom stereocenters. The molecule has 0 atom stereocenters. The smallest absolute Gasteiger partial charge is 0.241 e. The molecule has 1 saturated heterocycles. The molecule has 0 saturated carbocycles. The van der Waals surface area contributed by atoms with Gasteiger partial charge in [0.05, 0.1) is 15.0 Å². The van der Waals surface area contributed by atoms with Crippen molar-refractivity contribution in [1.29, 1.82) is 0 Å². The van der Waals surface area contributed by atoms with Gasteiger partial charge in [0.25, 0.3) is 0 Å². The van der Waals surface area contributed by atoms with Crippen molar-refractivity contribution in [3.63, 3.8) is 0 Å². The number of anilines is 1. The van der Waals surface area contributed by atoms with E-state index in [1.807, 2.05) is 0 Å². The summed E-state index contributed by atoms with van der Waals surface area (Å²) in [7, 11) is -3.84. The first kappa shape index (κ1) is 17.0. The minimum Gasteiger partial charge on any atom is -0.398 e. The van der Waals surface area contributed by atoms with Gasteiger partial charge in [0.15, 0.2) is 0 Å². The number of benzene rings is 1. The van der Waals surface area contributed by atoms with Crippen LogP contribution in [0.1, 0.15) is 12.8 Å². The van der Waals surface area contributed by atoms with Gasteiger partial charge in [-0.25, -0.2) is 13.1 Å². The largest absolute Gasteiger partial charge is 0.398 e. The molecule has 0 aromatic heterocycles.